The molecular weight excluding hydrogens is 505 g/mol. The minimum atomic E-state index is -4.75. The van der Waals surface area contributed by atoms with Gasteiger partial charge in [-0.3, -0.25) is 13.9 Å². The van der Waals surface area contributed by atoms with E-state index in [1.807, 2.05) is 6.92 Å². The predicted molar refractivity (Wildman–Crippen MR) is 123 cm³/mol. The van der Waals surface area contributed by atoms with Crippen molar-refractivity contribution in [3.8, 4) is 5.75 Å². The van der Waals surface area contributed by atoms with Crippen LogP contribution in [-0.2, 0) is 26.1 Å². The maximum atomic E-state index is 13.0. The van der Waals surface area contributed by atoms with Crippen LogP contribution in [0.5, 0.6) is 5.75 Å². The van der Waals surface area contributed by atoms with Crippen molar-refractivity contribution in [2.75, 3.05) is 0 Å². The first-order chi connectivity index (χ1) is 17.1. The highest BCUT2D eigenvalue weighted by Gasteiger charge is 2.31. The molecule has 192 valence electrons. The van der Waals surface area contributed by atoms with E-state index in [0.29, 0.717) is 24.4 Å². The van der Waals surface area contributed by atoms with E-state index in [2.05, 4.69) is 30.1 Å². The Morgan fingerprint density at radius 2 is 1.78 bits per heavy atom. The quantitative estimate of drug-likeness (QED) is 0.315. The molecule has 0 radical (unpaired) electrons. The van der Waals surface area contributed by atoms with Crippen molar-refractivity contribution >= 4 is 22.8 Å². The molecule has 0 atom stereocenters. The molecular formula is C21H22ClF3N8O3. The SMILES string of the molecule is CCCCn1c(=O)n(CCCn2nnc(Cc3ccc(OC(F)(F)F)cc3)n2)c(=O)c2[nH]c(Cl)nc21. The molecule has 4 aromatic rings. The van der Waals surface area contributed by atoms with Crippen molar-refractivity contribution in [1.29, 1.82) is 0 Å². The number of unbranched alkanes of at least 4 members (excludes halogenated alkanes) is 1. The normalized spacial score (nSPS) is 11.9. The maximum absolute atomic E-state index is 13.0. The molecule has 11 nitrogen and oxygen atoms in total. The van der Waals surface area contributed by atoms with Crippen LogP contribution in [0.15, 0.2) is 33.9 Å². The van der Waals surface area contributed by atoms with Gasteiger partial charge >= 0.3 is 12.1 Å². The number of aryl methyl sites for hydroxylation is 2. The zero-order valence-electron chi connectivity index (χ0n) is 19.1. The summed E-state index contributed by atoms with van der Waals surface area (Å²) in [4.78, 5) is 34.0. The van der Waals surface area contributed by atoms with Crippen LogP contribution in [0.4, 0.5) is 13.2 Å². The van der Waals surface area contributed by atoms with Gasteiger partial charge in [0.25, 0.3) is 5.56 Å². The number of imidazole rings is 1. The van der Waals surface area contributed by atoms with E-state index >= 15 is 0 Å². The molecule has 0 aliphatic heterocycles. The number of halogens is 4. The molecule has 0 spiro atoms. The number of fused-ring (bicyclic) bond motifs is 1. The summed E-state index contributed by atoms with van der Waals surface area (Å²) < 4.78 is 43.3. The van der Waals surface area contributed by atoms with E-state index in [-0.39, 0.29) is 41.7 Å². The molecule has 0 unspecified atom stereocenters. The fourth-order valence-corrected chi connectivity index (χ4v) is 3.83. The summed E-state index contributed by atoms with van der Waals surface area (Å²) in [7, 11) is 0. The predicted octanol–water partition coefficient (Wildman–Crippen LogP) is 2.91. The molecule has 4 rings (SSSR count). The minimum Gasteiger partial charge on any atom is -0.406 e. The summed E-state index contributed by atoms with van der Waals surface area (Å²) in [5.41, 5.74) is 0.111. The third-order valence-corrected chi connectivity index (χ3v) is 5.50. The first-order valence-electron chi connectivity index (χ1n) is 11.1. The number of aromatic amines is 1. The number of benzene rings is 1. The van der Waals surface area contributed by atoms with Gasteiger partial charge in [-0.1, -0.05) is 25.5 Å². The van der Waals surface area contributed by atoms with Gasteiger partial charge in [-0.05, 0) is 47.4 Å². The third-order valence-electron chi connectivity index (χ3n) is 5.32. The standard InChI is InChI=1S/C21H22ClF3N8O3/c1-2-3-9-31-17-16(26-19(22)27-17)18(34)32(20(31)35)10-4-11-33-29-15(28-30-33)12-13-5-7-14(8-6-13)36-21(23,24)25/h5-8H,2-4,9-12H2,1H3,(H,26,27). The third kappa shape index (κ3) is 5.93. The number of hydrogen-bond acceptors (Lipinski definition) is 7. The number of H-pyrrole nitrogens is 1. The maximum Gasteiger partial charge on any atom is 0.573 e. The van der Waals surface area contributed by atoms with Crippen LogP contribution in [0.2, 0.25) is 5.28 Å². The number of ether oxygens (including phenoxy) is 1. The molecule has 0 saturated heterocycles. The molecule has 0 saturated carbocycles. The molecule has 1 aromatic carbocycles. The van der Waals surface area contributed by atoms with Crippen molar-refractivity contribution in [2.45, 2.75) is 58.6 Å². The zero-order chi connectivity index (χ0) is 25.9. The molecule has 0 aliphatic carbocycles. The largest absolute Gasteiger partial charge is 0.573 e. The van der Waals surface area contributed by atoms with E-state index in [4.69, 9.17) is 11.6 Å². The summed E-state index contributed by atoms with van der Waals surface area (Å²) in [6, 6.07) is 5.38. The van der Waals surface area contributed by atoms with E-state index in [9.17, 15) is 22.8 Å². The van der Waals surface area contributed by atoms with Gasteiger partial charge in [-0.25, -0.2) is 4.79 Å². The lowest BCUT2D eigenvalue weighted by atomic mass is 10.1. The highest BCUT2D eigenvalue weighted by molar-refractivity contribution is 6.28. The Balaban J connectivity index is 1.41. The van der Waals surface area contributed by atoms with Gasteiger partial charge < -0.3 is 9.72 Å². The summed E-state index contributed by atoms with van der Waals surface area (Å²) in [6.07, 6.45) is -2.53. The Hall–Kier alpha value is -3.68. The summed E-state index contributed by atoms with van der Waals surface area (Å²) in [5.74, 6) is 0.0505. The van der Waals surface area contributed by atoms with Gasteiger partial charge in [0.1, 0.15) is 5.75 Å². The first-order valence-corrected chi connectivity index (χ1v) is 11.5. The average molecular weight is 527 g/mol. The van der Waals surface area contributed by atoms with E-state index in [0.717, 1.165) is 17.4 Å². The number of rotatable bonds is 10. The van der Waals surface area contributed by atoms with Gasteiger partial charge in [-0.2, -0.15) is 9.78 Å². The molecule has 0 amide bonds. The molecule has 0 aliphatic rings. The Bertz CT molecular complexity index is 1460. The molecule has 3 heterocycles. The van der Waals surface area contributed by atoms with Gasteiger partial charge in [-0.15, -0.1) is 23.4 Å². The summed E-state index contributed by atoms with van der Waals surface area (Å²) in [5, 5.41) is 12.2. The molecule has 0 fully saturated rings. The Labute approximate surface area is 206 Å². The highest BCUT2D eigenvalue weighted by atomic mass is 35.5. The van der Waals surface area contributed by atoms with Gasteiger partial charge in [0.2, 0.25) is 5.28 Å². The van der Waals surface area contributed by atoms with Crippen LogP contribution >= 0.6 is 11.6 Å². The summed E-state index contributed by atoms with van der Waals surface area (Å²) >= 11 is 5.94. The van der Waals surface area contributed by atoms with Crippen molar-refractivity contribution in [2.24, 2.45) is 0 Å². The second-order valence-electron chi connectivity index (χ2n) is 7.99. The van der Waals surface area contributed by atoms with E-state index in [1.165, 1.54) is 33.6 Å². The average Bonchev–Trinajstić information content (AvgIpc) is 3.42. The number of tetrazole rings is 1. The van der Waals surface area contributed by atoms with Crippen LogP contribution in [0.1, 0.15) is 37.6 Å². The molecule has 1 N–H and O–H groups in total. The fourth-order valence-electron chi connectivity index (χ4n) is 3.66. The lowest BCUT2D eigenvalue weighted by Crippen LogP contribution is -2.40. The Morgan fingerprint density at radius 1 is 1.06 bits per heavy atom. The topological polar surface area (TPSA) is 126 Å². The van der Waals surface area contributed by atoms with Crippen molar-refractivity contribution in [3.05, 3.63) is 61.8 Å². The van der Waals surface area contributed by atoms with Crippen molar-refractivity contribution < 1.29 is 17.9 Å². The lowest BCUT2D eigenvalue weighted by Gasteiger charge is -2.10. The number of hydrogen-bond donors (Lipinski definition) is 1. The Kier molecular flexibility index (Phi) is 7.43. The second kappa shape index (κ2) is 10.5. The zero-order valence-corrected chi connectivity index (χ0v) is 19.9. The fraction of sp³-hybridized carbons (Fsp3) is 0.429. The number of aromatic nitrogens is 8. The minimum absolute atomic E-state index is 0.0337. The van der Waals surface area contributed by atoms with Crippen LogP contribution in [0, 0.1) is 0 Å². The molecule has 3 aromatic heterocycles. The van der Waals surface area contributed by atoms with Crippen molar-refractivity contribution in [3.63, 3.8) is 0 Å². The van der Waals surface area contributed by atoms with Gasteiger partial charge in [0.05, 0.1) is 6.54 Å². The van der Waals surface area contributed by atoms with Crippen LogP contribution < -0.4 is 16.0 Å². The van der Waals surface area contributed by atoms with Crippen LogP contribution in [-0.4, -0.2) is 45.7 Å². The van der Waals surface area contributed by atoms with Crippen molar-refractivity contribution in [1.82, 2.24) is 39.3 Å². The van der Waals surface area contributed by atoms with E-state index < -0.39 is 17.6 Å². The molecule has 15 heteroatoms. The lowest BCUT2D eigenvalue weighted by molar-refractivity contribution is -0.274. The van der Waals surface area contributed by atoms with Gasteiger partial charge in [0.15, 0.2) is 17.0 Å². The summed E-state index contributed by atoms with van der Waals surface area (Å²) in [6.45, 7) is 2.80. The Morgan fingerprint density at radius 3 is 2.47 bits per heavy atom. The van der Waals surface area contributed by atoms with Crippen LogP contribution in [0.25, 0.3) is 11.2 Å². The highest BCUT2D eigenvalue weighted by Crippen LogP contribution is 2.23. The van der Waals surface area contributed by atoms with E-state index in [1.54, 1.807) is 0 Å². The monoisotopic (exact) mass is 526 g/mol. The second-order valence-corrected chi connectivity index (χ2v) is 8.35. The smallest absolute Gasteiger partial charge is 0.406 e. The number of alkyl halides is 3. The number of nitrogens with one attached hydrogen (secondary N) is 1. The van der Waals surface area contributed by atoms with Gasteiger partial charge in [0, 0.05) is 19.5 Å². The number of nitrogens with zero attached hydrogens (tertiary/aromatic N) is 7. The first kappa shape index (κ1) is 25.4. The molecule has 0 bridgehead atoms. The van der Waals surface area contributed by atoms with Crippen LogP contribution in [0.3, 0.4) is 0 Å². The molecule has 36 heavy (non-hydrogen) atoms.